The molecule has 34 heavy (non-hydrogen) atoms. The predicted octanol–water partition coefficient (Wildman–Crippen LogP) is 6.06. The Hall–Kier alpha value is -2.93. The zero-order valence-corrected chi connectivity index (χ0v) is 20.6. The summed E-state index contributed by atoms with van der Waals surface area (Å²) in [7, 11) is 0. The molecule has 5 rings (SSSR count). The number of carbonyl (C=O) groups excluding carboxylic acids is 2. The van der Waals surface area contributed by atoms with Crippen molar-refractivity contribution < 1.29 is 9.59 Å². The highest BCUT2D eigenvalue weighted by Gasteiger charge is 2.53. The minimum Gasteiger partial charge on any atom is -0.298 e. The number of rotatable bonds is 5. The van der Waals surface area contributed by atoms with Gasteiger partial charge < -0.3 is 0 Å². The molecule has 3 heterocycles. The van der Waals surface area contributed by atoms with Crippen molar-refractivity contribution in [2.45, 2.75) is 24.3 Å². The first kappa shape index (κ1) is 22.8. The van der Waals surface area contributed by atoms with Gasteiger partial charge in [0.05, 0.1) is 5.69 Å². The third-order valence-electron chi connectivity index (χ3n) is 6.24. The molecule has 0 spiro atoms. The maximum Gasteiger partial charge on any atom is 0.248 e. The van der Waals surface area contributed by atoms with Gasteiger partial charge in [-0.1, -0.05) is 79.0 Å². The number of hydrogen-bond acceptors (Lipinski definition) is 5. The van der Waals surface area contributed by atoms with Crippen molar-refractivity contribution in [3.8, 4) is 0 Å². The van der Waals surface area contributed by atoms with E-state index in [-0.39, 0.29) is 12.2 Å². The van der Waals surface area contributed by atoms with Gasteiger partial charge in [0.25, 0.3) is 0 Å². The predicted molar refractivity (Wildman–Crippen MR) is 138 cm³/mol. The number of halogens is 1. The van der Waals surface area contributed by atoms with E-state index in [1.807, 2.05) is 53.2 Å². The Bertz CT molecular complexity index is 1340. The maximum absolute atomic E-state index is 13.7. The number of amides is 1. The largest absolute Gasteiger partial charge is 0.298 e. The Morgan fingerprint density at radius 2 is 1.76 bits per heavy atom. The minimum atomic E-state index is -1.11. The number of carbonyl (C=O) groups is 2. The molecule has 1 amide bonds. The number of thiol groups is 1. The summed E-state index contributed by atoms with van der Waals surface area (Å²) in [6.07, 6.45) is 0.696. The van der Waals surface area contributed by atoms with Crippen molar-refractivity contribution in [3.05, 3.63) is 123 Å². The molecular formula is C27H21ClN2O2S2. The second-order valence-corrected chi connectivity index (χ2v) is 9.88. The zero-order chi connectivity index (χ0) is 23.7. The van der Waals surface area contributed by atoms with Crippen molar-refractivity contribution in [2.24, 2.45) is 0 Å². The molecule has 0 aliphatic carbocycles. The lowest BCUT2D eigenvalue weighted by Gasteiger charge is -2.45. The number of benzene rings is 2. The maximum atomic E-state index is 13.7. The standard InChI is InChI=1S/C27H21ClN2O2S2/c28-22-11-5-4-10-21(22)25-23(31)16-27(30(33)26(25)32,19-13-14-34-17-19)24-12-6-9-20(29-24)15-18-7-2-1-3-8-18/h1-14,17,25,33H,15-16H2. The molecule has 4 nitrogen and oxygen atoms in total. The second kappa shape index (κ2) is 9.37. The van der Waals surface area contributed by atoms with Gasteiger partial charge in [0.1, 0.15) is 11.5 Å². The van der Waals surface area contributed by atoms with Crippen molar-refractivity contribution in [2.75, 3.05) is 0 Å². The molecule has 170 valence electrons. The molecule has 1 aliphatic rings. The van der Waals surface area contributed by atoms with E-state index in [0.717, 1.165) is 16.8 Å². The molecule has 2 aromatic heterocycles. The highest BCUT2D eigenvalue weighted by Crippen LogP contribution is 2.47. The van der Waals surface area contributed by atoms with Crippen molar-refractivity contribution in [3.63, 3.8) is 0 Å². The van der Waals surface area contributed by atoms with Gasteiger partial charge in [-0.2, -0.15) is 11.3 Å². The van der Waals surface area contributed by atoms with Gasteiger partial charge in [-0.15, -0.1) is 0 Å². The van der Waals surface area contributed by atoms with E-state index in [9.17, 15) is 9.59 Å². The third-order valence-corrected chi connectivity index (χ3v) is 7.81. The summed E-state index contributed by atoms with van der Waals surface area (Å²) in [5.74, 6) is -1.61. The fraction of sp³-hybridized carbons (Fsp3) is 0.148. The van der Waals surface area contributed by atoms with Crippen LogP contribution in [-0.2, 0) is 21.5 Å². The van der Waals surface area contributed by atoms with Gasteiger partial charge in [0.15, 0.2) is 5.78 Å². The van der Waals surface area contributed by atoms with Crippen LogP contribution in [0, 0.1) is 0 Å². The summed E-state index contributed by atoms with van der Waals surface area (Å²) < 4.78 is 1.39. The molecule has 0 bridgehead atoms. The van der Waals surface area contributed by atoms with Crippen LogP contribution in [0.4, 0.5) is 0 Å². The Morgan fingerprint density at radius 3 is 2.50 bits per heavy atom. The van der Waals surface area contributed by atoms with Crippen LogP contribution in [0.3, 0.4) is 0 Å². The van der Waals surface area contributed by atoms with E-state index in [1.165, 1.54) is 15.6 Å². The molecule has 2 aromatic carbocycles. The topological polar surface area (TPSA) is 50.3 Å². The molecule has 0 N–H and O–H groups in total. The molecular weight excluding hydrogens is 484 g/mol. The molecule has 2 atom stereocenters. The normalized spacial score (nSPS) is 20.5. The highest BCUT2D eigenvalue weighted by atomic mass is 35.5. The lowest BCUT2D eigenvalue weighted by Crippen LogP contribution is -2.54. The molecule has 0 radical (unpaired) electrons. The van der Waals surface area contributed by atoms with Gasteiger partial charge in [0, 0.05) is 23.6 Å². The van der Waals surface area contributed by atoms with Crippen LogP contribution in [0.25, 0.3) is 0 Å². The van der Waals surface area contributed by atoms with Crippen LogP contribution in [0.15, 0.2) is 89.6 Å². The summed E-state index contributed by atoms with van der Waals surface area (Å²) in [6.45, 7) is 0. The lowest BCUT2D eigenvalue weighted by molar-refractivity contribution is -0.142. The number of Topliss-reactive ketones (excluding diaryl/α,β-unsaturated/α-hetero) is 1. The van der Waals surface area contributed by atoms with Gasteiger partial charge in [-0.05, 0) is 51.7 Å². The van der Waals surface area contributed by atoms with Gasteiger partial charge in [-0.25, -0.2) is 0 Å². The summed E-state index contributed by atoms with van der Waals surface area (Å²) in [5.41, 5.74) is 2.82. The summed E-state index contributed by atoms with van der Waals surface area (Å²) in [5, 5.41) is 4.27. The average Bonchev–Trinajstić information content (AvgIpc) is 3.39. The molecule has 0 saturated carbocycles. The van der Waals surface area contributed by atoms with E-state index in [1.54, 1.807) is 24.3 Å². The third kappa shape index (κ3) is 3.96. The smallest absolute Gasteiger partial charge is 0.248 e. The first-order chi connectivity index (χ1) is 16.5. The first-order valence-electron chi connectivity index (χ1n) is 10.8. The summed E-state index contributed by atoms with van der Waals surface area (Å²) in [6, 6.07) is 24.7. The highest BCUT2D eigenvalue weighted by molar-refractivity contribution is 7.78. The molecule has 1 saturated heterocycles. The zero-order valence-electron chi connectivity index (χ0n) is 18.1. The molecule has 1 aliphatic heterocycles. The first-order valence-corrected chi connectivity index (χ1v) is 12.6. The van der Waals surface area contributed by atoms with Crippen LogP contribution in [0.2, 0.25) is 5.02 Å². The fourth-order valence-corrected chi connectivity index (χ4v) is 5.95. The number of ketones is 1. The van der Waals surface area contributed by atoms with Crippen molar-refractivity contribution in [1.29, 1.82) is 0 Å². The Labute approximate surface area is 212 Å². The Kier molecular flexibility index (Phi) is 6.30. The van der Waals surface area contributed by atoms with Crippen molar-refractivity contribution >= 4 is 47.4 Å². The number of pyridine rings is 1. The quantitative estimate of drug-likeness (QED) is 0.265. The van der Waals surface area contributed by atoms with E-state index in [0.29, 0.717) is 22.7 Å². The van der Waals surface area contributed by atoms with Crippen LogP contribution >= 0.6 is 35.8 Å². The van der Waals surface area contributed by atoms with E-state index >= 15 is 0 Å². The average molecular weight is 505 g/mol. The molecule has 1 fully saturated rings. The van der Waals surface area contributed by atoms with Crippen LogP contribution in [0.5, 0.6) is 0 Å². The van der Waals surface area contributed by atoms with Gasteiger partial charge in [0.2, 0.25) is 5.91 Å². The fourth-order valence-electron chi connectivity index (χ4n) is 4.58. The molecule has 7 heteroatoms. The molecule has 4 aromatic rings. The number of aromatic nitrogens is 1. The monoisotopic (exact) mass is 504 g/mol. The SMILES string of the molecule is O=C1CC(c2ccsc2)(c2cccc(Cc3ccccc3)n2)N(S)C(=O)C1c1ccccc1Cl. The summed E-state index contributed by atoms with van der Waals surface area (Å²) in [4.78, 5) is 32.2. The minimum absolute atomic E-state index is 0.0522. The van der Waals surface area contributed by atoms with Crippen LogP contribution in [0.1, 0.15) is 40.4 Å². The Morgan fingerprint density at radius 1 is 1.00 bits per heavy atom. The number of piperidine rings is 1. The lowest BCUT2D eigenvalue weighted by atomic mass is 9.74. The molecule has 2 unspecified atom stereocenters. The Balaban J connectivity index is 1.60. The second-order valence-electron chi connectivity index (χ2n) is 8.30. The van der Waals surface area contributed by atoms with Crippen LogP contribution < -0.4 is 0 Å². The number of nitrogens with zero attached hydrogens (tertiary/aromatic N) is 2. The van der Waals surface area contributed by atoms with E-state index < -0.39 is 17.4 Å². The van der Waals surface area contributed by atoms with E-state index in [4.69, 9.17) is 29.4 Å². The van der Waals surface area contributed by atoms with Crippen LogP contribution in [-0.4, -0.2) is 21.0 Å². The summed E-state index contributed by atoms with van der Waals surface area (Å²) >= 11 is 12.6. The van der Waals surface area contributed by atoms with E-state index in [2.05, 4.69) is 12.1 Å². The van der Waals surface area contributed by atoms with Gasteiger partial charge >= 0.3 is 0 Å². The van der Waals surface area contributed by atoms with Gasteiger partial charge in [-0.3, -0.25) is 18.9 Å². The number of thiophene rings is 1. The van der Waals surface area contributed by atoms with Crippen molar-refractivity contribution in [1.82, 2.24) is 9.29 Å². The number of hydrogen-bond donors (Lipinski definition) is 1.